The third-order valence-electron chi connectivity index (χ3n) is 4.25. The van der Waals surface area contributed by atoms with Crippen LogP contribution in [0.15, 0.2) is 6.33 Å². The summed E-state index contributed by atoms with van der Waals surface area (Å²) in [5.41, 5.74) is 0. The molecule has 3 unspecified atom stereocenters. The minimum Gasteiger partial charge on any atom is -0.481 e. The smallest absolute Gasteiger partial charge is 0.320 e. The number of aromatic nitrogens is 3. The molecule has 3 rings (SSSR count). The molecule has 20 heavy (non-hydrogen) atoms. The van der Waals surface area contributed by atoms with E-state index in [2.05, 4.69) is 15.2 Å². The van der Waals surface area contributed by atoms with Crippen LogP contribution in [0.5, 0.6) is 0 Å². The summed E-state index contributed by atoms with van der Waals surface area (Å²) < 4.78 is 0. The lowest BCUT2D eigenvalue weighted by Crippen LogP contribution is -2.44. The van der Waals surface area contributed by atoms with Gasteiger partial charge in [-0.25, -0.2) is 9.78 Å². The van der Waals surface area contributed by atoms with E-state index in [0.29, 0.717) is 18.8 Å². The Balaban J connectivity index is 1.70. The van der Waals surface area contributed by atoms with Gasteiger partial charge in [-0.3, -0.25) is 9.89 Å². The van der Waals surface area contributed by atoms with E-state index in [0.717, 1.165) is 12.8 Å². The second-order valence-corrected chi connectivity index (χ2v) is 5.46. The van der Waals surface area contributed by atoms with Gasteiger partial charge < -0.3 is 14.9 Å². The predicted octanol–water partition coefficient (Wildman–Crippen LogP) is 0.294. The van der Waals surface area contributed by atoms with Crippen LogP contribution in [0, 0.1) is 5.92 Å². The summed E-state index contributed by atoms with van der Waals surface area (Å²) in [6.45, 7) is 0.340. The van der Waals surface area contributed by atoms with Crippen LogP contribution < -0.4 is 0 Å². The number of carboxylic acid groups (broad SMARTS) is 1. The van der Waals surface area contributed by atoms with Crippen LogP contribution in [-0.2, 0) is 11.3 Å². The first kappa shape index (κ1) is 12.9. The Hall–Kier alpha value is -2.12. The van der Waals surface area contributed by atoms with E-state index in [1.807, 2.05) is 0 Å². The molecule has 2 saturated heterocycles. The Morgan fingerprint density at radius 3 is 2.95 bits per heavy atom. The minimum absolute atomic E-state index is 0.0609. The lowest BCUT2D eigenvalue weighted by atomic mass is 9.89. The molecule has 8 nitrogen and oxygen atoms in total. The number of hydrogen-bond donors (Lipinski definition) is 2. The van der Waals surface area contributed by atoms with Crippen molar-refractivity contribution < 1.29 is 14.7 Å². The number of nitrogens with zero attached hydrogens (tertiary/aromatic N) is 4. The Kier molecular flexibility index (Phi) is 3.07. The zero-order valence-electron chi connectivity index (χ0n) is 11.2. The molecule has 0 aromatic carbocycles. The molecule has 0 radical (unpaired) electrons. The molecule has 2 aliphatic rings. The van der Waals surface area contributed by atoms with Gasteiger partial charge in [-0.2, -0.15) is 5.10 Å². The fourth-order valence-corrected chi connectivity index (χ4v) is 3.35. The van der Waals surface area contributed by atoms with E-state index in [1.54, 1.807) is 16.8 Å². The van der Waals surface area contributed by atoms with Crippen LogP contribution in [0.1, 0.15) is 25.1 Å². The number of nitrogens with one attached hydrogen (secondary N) is 1. The number of fused-ring (bicyclic) bond motifs is 2. The second kappa shape index (κ2) is 4.77. The first-order valence-electron chi connectivity index (χ1n) is 6.68. The monoisotopic (exact) mass is 279 g/mol. The maximum atomic E-state index is 12.5. The zero-order chi connectivity index (χ0) is 14.3. The van der Waals surface area contributed by atoms with E-state index in [1.165, 1.54) is 6.33 Å². The molecular weight excluding hydrogens is 262 g/mol. The number of carbonyl (C=O) groups excluding carboxylic acids is 1. The van der Waals surface area contributed by atoms with E-state index in [9.17, 15) is 14.7 Å². The molecule has 1 aromatic heterocycles. The normalized spacial score (nSPS) is 27.9. The molecule has 0 aliphatic carbocycles. The van der Waals surface area contributed by atoms with E-state index in [4.69, 9.17) is 0 Å². The van der Waals surface area contributed by atoms with Crippen LogP contribution in [0.3, 0.4) is 0 Å². The molecule has 2 aliphatic heterocycles. The largest absolute Gasteiger partial charge is 0.481 e. The van der Waals surface area contributed by atoms with Crippen molar-refractivity contribution in [1.82, 2.24) is 25.0 Å². The van der Waals surface area contributed by atoms with Gasteiger partial charge in [0.1, 0.15) is 12.2 Å². The third-order valence-corrected chi connectivity index (χ3v) is 4.25. The van der Waals surface area contributed by atoms with E-state index < -0.39 is 11.9 Å². The quantitative estimate of drug-likeness (QED) is 0.828. The topological polar surface area (TPSA) is 102 Å². The van der Waals surface area contributed by atoms with Crippen molar-refractivity contribution in [3.63, 3.8) is 0 Å². The summed E-state index contributed by atoms with van der Waals surface area (Å²) in [6, 6.07) is -0.231. The van der Waals surface area contributed by atoms with E-state index >= 15 is 0 Å². The Morgan fingerprint density at radius 2 is 2.35 bits per heavy atom. The summed E-state index contributed by atoms with van der Waals surface area (Å²) >= 11 is 0. The number of hydrogen-bond acceptors (Lipinski definition) is 4. The van der Waals surface area contributed by atoms with Crippen LogP contribution in [0.4, 0.5) is 4.79 Å². The third kappa shape index (κ3) is 2.00. The number of amides is 2. The van der Waals surface area contributed by atoms with Gasteiger partial charge in [-0.05, 0) is 19.3 Å². The maximum Gasteiger partial charge on any atom is 0.320 e. The fourth-order valence-electron chi connectivity index (χ4n) is 3.35. The highest BCUT2D eigenvalue weighted by Gasteiger charge is 2.51. The first-order valence-corrected chi connectivity index (χ1v) is 6.68. The molecule has 2 fully saturated rings. The Bertz CT molecular complexity index is 517. The molecule has 108 valence electrons. The van der Waals surface area contributed by atoms with Crippen LogP contribution in [0.2, 0.25) is 0 Å². The Morgan fingerprint density at radius 1 is 1.55 bits per heavy atom. The Labute approximate surface area is 115 Å². The lowest BCUT2D eigenvalue weighted by molar-refractivity contribution is -0.142. The molecule has 8 heteroatoms. The number of carboxylic acids is 1. The van der Waals surface area contributed by atoms with Gasteiger partial charge in [0.2, 0.25) is 0 Å². The fraction of sp³-hybridized carbons (Fsp3) is 0.667. The zero-order valence-corrected chi connectivity index (χ0v) is 11.2. The molecule has 2 N–H and O–H groups in total. The first-order chi connectivity index (χ1) is 9.58. The standard InChI is InChI=1S/C12H17N5O3/c1-16(5-10-13-6-14-15-10)12(20)17-7-2-3-9(17)8(4-7)11(18)19/h6-9H,2-5H2,1H3,(H,18,19)(H,13,14,15). The summed E-state index contributed by atoms with van der Waals surface area (Å²) in [6.07, 6.45) is 3.65. The highest BCUT2D eigenvalue weighted by atomic mass is 16.4. The van der Waals surface area contributed by atoms with Crippen LogP contribution >= 0.6 is 0 Å². The van der Waals surface area contributed by atoms with Crippen molar-refractivity contribution in [3.8, 4) is 0 Å². The maximum absolute atomic E-state index is 12.5. The van der Waals surface area contributed by atoms with Crippen molar-refractivity contribution in [2.24, 2.45) is 5.92 Å². The van der Waals surface area contributed by atoms with Crippen molar-refractivity contribution >= 4 is 12.0 Å². The highest BCUT2D eigenvalue weighted by Crippen LogP contribution is 2.42. The van der Waals surface area contributed by atoms with Gasteiger partial charge in [0.15, 0.2) is 0 Å². The SMILES string of the molecule is CN(Cc1ncn[nH]1)C(=O)N1C2CCC1C(C(=O)O)C2. The van der Waals surface area contributed by atoms with Gasteiger partial charge in [-0.1, -0.05) is 0 Å². The summed E-state index contributed by atoms with van der Waals surface area (Å²) in [5, 5.41) is 15.7. The molecule has 2 amide bonds. The van der Waals surface area contributed by atoms with Crippen LogP contribution in [-0.4, -0.2) is 61.2 Å². The molecule has 0 spiro atoms. The summed E-state index contributed by atoms with van der Waals surface area (Å²) in [5.74, 6) is -0.605. The van der Waals surface area contributed by atoms with Crippen molar-refractivity contribution in [1.29, 1.82) is 0 Å². The lowest BCUT2D eigenvalue weighted by Gasteiger charge is -2.28. The van der Waals surface area contributed by atoms with Crippen molar-refractivity contribution in [2.45, 2.75) is 37.9 Å². The summed E-state index contributed by atoms with van der Waals surface area (Å²) in [7, 11) is 1.69. The molecule has 0 saturated carbocycles. The van der Waals surface area contributed by atoms with Crippen molar-refractivity contribution in [3.05, 3.63) is 12.2 Å². The van der Waals surface area contributed by atoms with Gasteiger partial charge in [-0.15, -0.1) is 0 Å². The average Bonchev–Trinajstić information content (AvgIpc) is 3.12. The number of urea groups is 1. The number of aliphatic carboxylic acids is 1. The molecule has 1 aromatic rings. The number of H-pyrrole nitrogens is 1. The predicted molar refractivity (Wildman–Crippen MR) is 67.6 cm³/mol. The number of rotatable bonds is 3. The summed E-state index contributed by atoms with van der Waals surface area (Å²) in [4.78, 5) is 31.0. The minimum atomic E-state index is -0.798. The van der Waals surface area contributed by atoms with Crippen molar-refractivity contribution in [2.75, 3.05) is 7.05 Å². The molecular formula is C12H17N5O3. The van der Waals surface area contributed by atoms with E-state index in [-0.39, 0.29) is 18.1 Å². The second-order valence-electron chi connectivity index (χ2n) is 5.46. The molecule has 3 atom stereocenters. The van der Waals surface area contributed by atoms with Gasteiger partial charge >= 0.3 is 12.0 Å². The van der Waals surface area contributed by atoms with Gasteiger partial charge in [0.05, 0.1) is 12.5 Å². The van der Waals surface area contributed by atoms with Crippen LogP contribution in [0.25, 0.3) is 0 Å². The molecule has 3 heterocycles. The highest BCUT2D eigenvalue weighted by molar-refractivity contribution is 5.79. The van der Waals surface area contributed by atoms with Gasteiger partial charge in [0.25, 0.3) is 0 Å². The molecule has 2 bridgehead atoms. The number of aromatic amines is 1. The average molecular weight is 279 g/mol. The van der Waals surface area contributed by atoms with Gasteiger partial charge in [0, 0.05) is 19.1 Å². The number of carbonyl (C=O) groups is 2.